The van der Waals surface area contributed by atoms with Crippen molar-refractivity contribution in [3.05, 3.63) is 0 Å². The lowest BCUT2D eigenvalue weighted by Crippen LogP contribution is -2.46. The fourth-order valence-electron chi connectivity index (χ4n) is 3.90. The van der Waals surface area contributed by atoms with Gasteiger partial charge in [0.05, 0.1) is 0 Å². The summed E-state index contributed by atoms with van der Waals surface area (Å²) in [6.45, 7) is 11.5. The van der Waals surface area contributed by atoms with Crippen LogP contribution in [0.3, 0.4) is 0 Å². The maximum absolute atomic E-state index is 12.3. The largest absolute Gasteiger partial charge is 0.444 e. The van der Waals surface area contributed by atoms with Gasteiger partial charge in [-0.25, -0.2) is 4.79 Å². The first-order valence-corrected chi connectivity index (χ1v) is 10.9. The van der Waals surface area contributed by atoms with Gasteiger partial charge in [0.15, 0.2) is 5.96 Å². The summed E-state index contributed by atoms with van der Waals surface area (Å²) in [6.07, 6.45) is 4.41. The van der Waals surface area contributed by atoms with Crippen LogP contribution in [-0.4, -0.2) is 79.2 Å². The van der Waals surface area contributed by atoms with Crippen molar-refractivity contribution in [2.24, 2.45) is 10.9 Å². The number of ether oxygens (including phenoxy) is 1. The molecule has 2 unspecified atom stereocenters. The molecule has 0 aromatic heterocycles. The molecule has 0 aromatic carbocycles. The number of rotatable bonds is 5. The van der Waals surface area contributed by atoms with Crippen LogP contribution in [0.15, 0.2) is 4.99 Å². The zero-order chi connectivity index (χ0) is 21.4. The van der Waals surface area contributed by atoms with E-state index in [9.17, 15) is 9.59 Å². The van der Waals surface area contributed by atoms with Crippen LogP contribution in [-0.2, 0) is 9.53 Å². The normalized spacial score (nSPS) is 23.1. The lowest BCUT2D eigenvalue weighted by atomic mass is 9.95. The molecule has 2 amide bonds. The van der Waals surface area contributed by atoms with Crippen LogP contribution in [0.2, 0.25) is 0 Å². The maximum atomic E-state index is 12.3. The number of guanidine groups is 1. The van der Waals surface area contributed by atoms with Crippen molar-refractivity contribution in [3.63, 3.8) is 0 Å². The standard InChI is InChI=1S/C21H39N5O3/c1-6-18(27)25-13-10-17(15-25)24-19(22-5)23-11-9-16-8-7-12-26(14-16)20(28)29-21(2,3)4/h16-17H,6-15H2,1-5H3,(H2,22,23,24). The molecule has 2 heterocycles. The van der Waals surface area contributed by atoms with Gasteiger partial charge < -0.3 is 25.2 Å². The Morgan fingerprint density at radius 1 is 1.14 bits per heavy atom. The molecule has 0 aliphatic carbocycles. The zero-order valence-corrected chi connectivity index (χ0v) is 18.8. The minimum absolute atomic E-state index is 0.208. The number of carbonyl (C=O) groups excluding carboxylic acids is 2. The molecule has 0 saturated carbocycles. The van der Waals surface area contributed by atoms with Gasteiger partial charge >= 0.3 is 6.09 Å². The van der Waals surface area contributed by atoms with Gasteiger partial charge in [-0.2, -0.15) is 0 Å². The van der Waals surface area contributed by atoms with Crippen LogP contribution in [0, 0.1) is 5.92 Å². The number of amides is 2. The maximum Gasteiger partial charge on any atom is 0.410 e. The average molecular weight is 410 g/mol. The van der Waals surface area contributed by atoms with Gasteiger partial charge in [0, 0.05) is 52.2 Å². The molecule has 2 rings (SSSR count). The molecule has 0 aromatic rings. The van der Waals surface area contributed by atoms with Crippen LogP contribution in [0.5, 0.6) is 0 Å². The van der Waals surface area contributed by atoms with E-state index in [0.717, 1.165) is 64.4 Å². The lowest BCUT2D eigenvalue weighted by Gasteiger charge is -2.34. The summed E-state index contributed by atoms with van der Waals surface area (Å²) >= 11 is 0. The Labute approximate surface area is 175 Å². The number of nitrogens with one attached hydrogen (secondary N) is 2. The first-order valence-electron chi connectivity index (χ1n) is 10.9. The van der Waals surface area contributed by atoms with E-state index < -0.39 is 5.60 Å². The van der Waals surface area contributed by atoms with E-state index in [1.54, 1.807) is 7.05 Å². The van der Waals surface area contributed by atoms with Gasteiger partial charge in [-0.1, -0.05) is 6.92 Å². The topological polar surface area (TPSA) is 86.3 Å². The molecule has 2 saturated heterocycles. The van der Waals surface area contributed by atoms with Crippen molar-refractivity contribution >= 4 is 18.0 Å². The molecule has 2 fully saturated rings. The molecule has 2 aliphatic rings. The van der Waals surface area contributed by atoms with E-state index in [2.05, 4.69) is 15.6 Å². The van der Waals surface area contributed by atoms with Crippen LogP contribution in [0.4, 0.5) is 4.79 Å². The van der Waals surface area contributed by atoms with Crippen molar-refractivity contribution in [1.29, 1.82) is 0 Å². The number of aliphatic imine (C=N–C) groups is 1. The van der Waals surface area contributed by atoms with E-state index in [0.29, 0.717) is 12.3 Å². The Morgan fingerprint density at radius 3 is 2.55 bits per heavy atom. The minimum atomic E-state index is -0.457. The summed E-state index contributed by atoms with van der Waals surface area (Å²) in [7, 11) is 1.77. The van der Waals surface area contributed by atoms with Gasteiger partial charge in [-0.05, 0) is 52.4 Å². The molecular weight excluding hydrogens is 370 g/mol. The molecule has 0 radical (unpaired) electrons. The van der Waals surface area contributed by atoms with Gasteiger partial charge in [-0.15, -0.1) is 0 Å². The predicted octanol–water partition coefficient (Wildman–Crippen LogP) is 2.20. The summed E-state index contributed by atoms with van der Waals surface area (Å²) < 4.78 is 5.51. The van der Waals surface area contributed by atoms with Crippen molar-refractivity contribution in [1.82, 2.24) is 20.4 Å². The predicted molar refractivity (Wildman–Crippen MR) is 115 cm³/mol. The van der Waals surface area contributed by atoms with Gasteiger partial charge in [0.25, 0.3) is 0 Å². The summed E-state index contributed by atoms with van der Waals surface area (Å²) in [5, 5.41) is 6.81. The Kier molecular flexibility index (Phi) is 8.59. The summed E-state index contributed by atoms with van der Waals surface area (Å²) in [5.74, 6) is 1.45. The molecule has 166 valence electrons. The summed E-state index contributed by atoms with van der Waals surface area (Å²) in [5.41, 5.74) is -0.457. The highest BCUT2D eigenvalue weighted by atomic mass is 16.6. The Balaban J connectivity index is 1.71. The second-order valence-electron chi connectivity index (χ2n) is 9.05. The van der Waals surface area contributed by atoms with E-state index in [1.807, 2.05) is 37.5 Å². The Bertz CT molecular complexity index is 587. The fourth-order valence-corrected chi connectivity index (χ4v) is 3.90. The van der Waals surface area contributed by atoms with Crippen LogP contribution < -0.4 is 10.6 Å². The quantitative estimate of drug-likeness (QED) is 0.537. The second-order valence-corrected chi connectivity index (χ2v) is 9.05. The van der Waals surface area contributed by atoms with Gasteiger partial charge in [0.1, 0.15) is 5.60 Å². The van der Waals surface area contributed by atoms with Crippen LogP contribution in [0.1, 0.15) is 59.8 Å². The van der Waals surface area contributed by atoms with Crippen molar-refractivity contribution in [2.75, 3.05) is 39.8 Å². The number of hydrogen-bond donors (Lipinski definition) is 2. The van der Waals surface area contributed by atoms with Crippen molar-refractivity contribution < 1.29 is 14.3 Å². The smallest absolute Gasteiger partial charge is 0.410 e. The van der Waals surface area contributed by atoms with Crippen molar-refractivity contribution in [3.8, 4) is 0 Å². The van der Waals surface area contributed by atoms with Crippen molar-refractivity contribution in [2.45, 2.75) is 71.4 Å². The monoisotopic (exact) mass is 409 g/mol. The first-order chi connectivity index (χ1) is 13.7. The van der Waals surface area contributed by atoms with Gasteiger partial charge in [-0.3, -0.25) is 9.79 Å². The molecule has 8 heteroatoms. The molecule has 29 heavy (non-hydrogen) atoms. The molecular formula is C21H39N5O3. The fraction of sp³-hybridized carbons (Fsp3) is 0.857. The third-order valence-corrected chi connectivity index (χ3v) is 5.42. The average Bonchev–Trinajstić information content (AvgIpc) is 3.14. The van der Waals surface area contributed by atoms with E-state index in [1.165, 1.54) is 0 Å². The second kappa shape index (κ2) is 10.7. The van der Waals surface area contributed by atoms with E-state index in [4.69, 9.17) is 4.74 Å². The SMILES string of the molecule is CCC(=O)N1CCC(NC(=NC)NCCC2CCCN(C(=O)OC(C)(C)C)C2)C1. The number of piperidine rings is 1. The van der Waals surface area contributed by atoms with Crippen LogP contribution >= 0.6 is 0 Å². The Morgan fingerprint density at radius 2 is 1.90 bits per heavy atom. The highest BCUT2D eigenvalue weighted by Crippen LogP contribution is 2.21. The highest BCUT2D eigenvalue weighted by molar-refractivity contribution is 5.80. The highest BCUT2D eigenvalue weighted by Gasteiger charge is 2.28. The first kappa shape index (κ1) is 23.3. The number of nitrogens with zero attached hydrogens (tertiary/aromatic N) is 3. The third-order valence-electron chi connectivity index (χ3n) is 5.42. The molecule has 2 aliphatic heterocycles. The number of hydrogen-bond acceptors (Lipinski definition) is 4. The number of likely N-dealkylation sites (tertiary alicyclic amines) is 2. The van der Waals surface area contributed by atoms with E-state index >= 15 is 0 Å². The zero-order valence-electron chi connectivity index (χ0n) is 18.8. The molecule has 0 bridgehead atoms. The number of carbonyl (C=O) groups is 2. The Hall–Kier alpha value is -1.99. The van der Waals surface area contributed by atoms with Crippen LogP contribution in [0.25, 0.3) is 0 Å². The minimum Gasteiger partial charge on any atom is -0.444 e. The lowest BCUT2D eigenvalue weighted by molar-refractivity contribution is -0.129. The summed E-state index contributed by atoms with van der Waals surface area (Å²) in [6, 6.07) is 0.244. The molecule has 8 nitrogen and oxygen atoms in total. The third kappa shape index (κ3) is 7.74. The van der Waals surface area contributed by atoms with Gasteiger partial charge in [0.2, 0.25) is 5.91 Å². The molecule has 2 atom stereocenters. The molecule has 0 spiro atoms. The molecule has 2 N–H and O–H groups in total. The van der Waals surface area contributed by atoms with E-state index in [-0.39, 0.29) is 18.0 Å². The summed E-state index contributed by atoms with van der Waals surface area (Å²) in [4.78, 5) is 32.2.